The van der Waals surface area contributed by atoms with Crippen molar-refractivity contribution >= 4 is 45.6 Å². The summed E-state index contributed by atoms with van der Waals surface area (Å²) < 4.78 is 7.64. The number of hydrogen-bond donors (Lipinski definition) is 3. The van der Waals surface area contributed by atoms with Crippen molar-refractivity contribution in [2.24, 2.45) is 7.05 Å². The van der Waals surface area contributed by atoms with E-state index in [4.69, 9.17) is 15.5 Å². The number of benzene rings is 2. The summed E-state index contributed by atoms with van der Waals surface area (Å²) in [6.07, 6.45) is 2.01. The molecule has 0 saturated carbocycles. The normalized spacial score (nSPS) is 11.1. The summed E-state index contributed by atoms with van der Waals surface area (Å²) in [5, 5.41) is 7.22. The largest absolute Gasteiger partial charge is 0.491 e. The van der Waals surface area contributed by atoms with Gasteiger partial charge >= 0.3 is 0 Å². The highest BCUT2D eigenvalue weighted by Gasteiger charge is 2.19. The molecular weight excluding hydrogens is 468 g/mol. The summed E-state index contributed by atoms with van der Waals surface area (Å²) >= 11 is 0. The number of likely N-dealkylation sites (N-methyl/N-ethyl adjacent to an activating group) is 2. The third kappa shape index (κ3) is 5.59. The zero-order chi connectivity index (χ0) is 26.7. The Bertz CT molecular complexity index is 1430. The molecule has 0 radical (unpaired) electrons. The van der Waals surface area contributed by atoms with Gasteiger partial charge in [-0.1, -0.05) is 18.2 Å². The first-order valence-corrected chi connectivity index (χ1v) is 12.0. The van der Waals surface area contributed by atoms with Crippen LogP contribution in [-0.4, -0.2) is 66.7 Å². The Hall–Kier alpha value is -4.31. The van der Waals surface area contributed by atoms with E-state index in [1.807, 2.05) is 75.4 Å². The number of hydrogen-bond acceptors (Lipinski definition) is 8. The van der Waals surface area contributed by atoms with E-state index >= 15 is 0 Å². The van der Waals surface area contributed by atoms with Gasteiger partial charge < -0.3 is 35.5 Å². The van der Waals surface area contributed by atoms with Gasteiger partial charge in [-0.3, -0.25) is 4.79 Å². The molecule has 0 aliphatic rings. The number of nitrogens with two attached hydrogens (primary N) is 1. The molecule has 4 rings (SSSR count). The van der Waals surface area contributed by atoms with E-state index in [2.05, 4.69) is 31.5 Å². The highest BCUT2D eigenvalue weighted by molar-refractivity contribution is 5.97. The summed E-state index contributed by atoms with van der Waals surface area (Å²) in [7, 11) is 9.61. The van der Waals surface area contributed by atoms with Crippen molar-refractivity contribution in [3.8, 4) is 17.0 Å². The second kappa shape index (κ2) is 10.8. The quantitative estimate of drug-likeness (QED) is 0.316. The molecule has 0 atom stereocenters. The minimum atomic E-state index is -0.150. The monoisotopic (exact) mass is 502 g/mol. The molecular formula is C27H34N8O2. The first kappa shape index (κ1) is 25.8. The van der Waals surface area contributed by atoms with E-state index in [1.165, 1.54) is 6.92 Å². The number of nitrogen functional groups attached to an aromatic ring is 1. The van der Waals surface area contributed by atoms with Gasteiger partial charge in [0.25, 0.3) is 0 Å². The molecule has 0 unspecified atom stereocenters. The first-order chi connectivity index (χ1) is 17.7. The number of ether oxygens (including phenoxy) is 1. The second-order valence-corrected chi connectivity index (χ2v) is 9.25. The molecule has 2 aromatic carbocycles. The van der Waals surface area contributed by atoms with Crippen LogP contribution in [0.1, 0.15) is 6.92 Å². The van der Waals surface area contributed by atoms with Crippen LogP contribution in [0, 0.1) is 0 Å². The minimum Gasteiger partial charge on any atom is -0.491 e. The highest BCUT2D eigenvalue weighted by atomic mass is 16.5. The van der Waals surface area contributed by atoms with E-state index in [0.717, 1.165) is 35.2 Å². The Morgan fingerprint density at radius 3 is 2.57 bits per heavy atom. The Balaban J connectivity index is 1.72. The van der Waals surface area contributed by atoms with Crippen LogP contribution in [0.2, 0.25) is 0 Å². The number of amides is 1. The molecule has 1 amide bonds. The van der Waals surface area contributed by atoms with Crippen molar-refractivity contribution in [1.82, 2.24) is 19.4 Å². The molecule has 2 heterocycles. The van der Waals surface area contributed by atoms with Crippen molar-refractivity contribution < 1.29 is 9.53 Å². The van der Waals surface area contributed by atoms with Gasteiger partial charge in [-0.15, -0.1) is 0 Å². The van der Waals surface area contributed by atoms with E-state index < -0.39 is 0 Å². The van der Waals surface area contributed by atoms with E-state index in [1.54, 1.807) is 7.11 Å². The zero-order valence-electron chi connectivity index (χ0n) is 22.2. The molecule has 4 aromatic rings. The molecule has 0 saturated heterocycles. The average molecular weight is 503 g/mol. The van der Waals surface area contributed by atoms with Gasteiger partial charge in [0, 0.05) is 62.5 Å². The third-order valence-electron chi connectivity index (χ3n) is 6.11. The van der Waals surface area contributed by atoms with Crippen molar-refractivity contribution in [1.29, 1.82) is 0 Å². The molecule has 194 valence electrons. The van der Waals surface area contributed by atoms with Gasteiger partial charge in [0.15, 0.2) is 11.6 Å². The van der Waals surface area contributed by atoms with E-state index in [9.17, 15) is 4.79 Å². The minimum absolute atomic E-state index is 0.150. The number of fused-ring (bicyclic) bond motifs is 1. The van der Waals surface area contributed by atoms with E-state index in [-0.39, 0.29) is 11.7 Å². The highest BCUT2D eigenvalue weighted by Crippen LogP contribution is 2.38. The van der Waals surface area contributed by atoms with Crippen LogP contribution in [0.4, 0.5) is 28.8 Å². The molecule has 10 heteroatoms. The zero-order valence-corrected chi connectivity index (χ0v) is 22.2. The van der Waals surface area contributed by atoms with Crippen LogP contribution in [0.15, 0.2) is 48.7 Å². The van der Waals surface area contributed by atoms with Crippen molar-refractivity contribution in [2.45, 2.75) is 6.92 Å². The maximum absolute atomic E-state index is 11.9. The molecule has 0 aliphatic heterocycles. The SMILES string of the molecule is COc1c(N)nc(Nc2ccc(N(C)CCN(C)C)c(NC(C)=O)c2)nc1-c1cn(C)c2ccccc12. The lowest BCUT2D eigenvalue weighted by Gasteiger charge is -2.24. The number of para-hydroxylation sites is 1. The molecule has 37 heavy (non-hydrogen) atoms. The lowest BCUT2D eigenvalue weighted by molar-refractivity contribution is -0.114. The Morgan fingerprint density at radius 1 is 1.11 bits per heavy atom. The van der Waals surface area contributed by atoms with Gasteiger partial charge in [-0.05, 0) is 38.4 Å². The molecule has 0 fully saturated rings. The van der Waals surface area contributed by atoms with Gasteiger partial charge in [-0.2, -0.15) is 4.98 Å². The summed E-state index contributed by atoms with van der Waals surface area (Å²) in [5.41, 5.74) is 11.2. The number of nitrogens with one attached hydrogen (secondary N) is 2. The van der Waals surface area contributed by atoms with Crippen LogP contribution >= 0.6 is 0 Å². The molecule has 10 nitrogen and oxygen atoms in total. The fraction of sp³-hybridized carbons (Fsp3) is 0.296. The topological polar surface area (TPSA) is 114 Å². The van der Waals surface area contributed by atoms with Crippen LogP contribution in [0.5, 0.6) is 5.75 Å². The fourth-order valence-corrected chi connectivity index (χ4v) is 4.27. The molecule has 2 aromatic heterocycles. The van der Waals surface area contributed by atoms with Crippen molar-refractivity contribution in [2.75, 3.05) is 62.6 Å². The second-order valence-electron chi connectivity index (χ2n) is 9.25. The maximum atomic E-state index is 11.9. The van der Waals surface area contributed by atoms with Crippen LogP contribution in [0.25, 0.3) is 22.2 Å². The standard InChI is InChI=1S/C27H34N8O2/c1-17(36)29-21-15-18(11-12-23(21)34(4)14-13-33(2)3)30-27-31-24(25(37-6)26(28)32-27)20-16-35(5)22-10-8-7-9-19(20)22/h7-12,15-16H,13-14H2,1-6H3,(H,29,36)(H3,28,30,31,32). The number of carbonyl (C=O) groups excluding carboxylic acids is 1. The van der Waals surface area contributed by atoms with Gasteiger partial charge in [0.05, 0.1) is 18.5 Å². The first-order valence-electron chi connectivity index (χ1n) is 12.0. The van der Waals surface area contributed by atoms with Gasteiger partial charge in [0.1, 0.15) is 5.69 Å². The summed E-state index contributed by atoms with van der Waals surface area (Å²) in [5.74, 6) is 0.815. The number of methoxy groups -OCH3 is 1. The smallest absolute Gasteiger partial charge is 0.230 e. The number of carbonyl (C=O) groups is 1. The number of aryl methyl sites for hydroxylation is 1. The number of rotatable bonds is 9. The lowest BCUT2D eigenvalue weighted by atomic mass is 10.1. The Kier molecular flexibility index (Phi) is 7.49. The maximum Gasteiger partial charge on any atom is 0.230 e. The number of nitrogens with zero attached hydrogens (tertiary/aromatic N) is 5. The molecule has 0 spiro atoms. The summed E-state index contributed by atoms with van der Waals surface area (Å²) in [4.78, 5) is 25.4. The van der Waals surface area contributed by atoms with Crippen LogP contribution in [-0.2, 0) is 11.8 Å². The fourth-order valence-electron chi connectivity index (χ4n) is 4.27. The third-order valence-corrected chi connectivity index (χ3v) is 6.11. The van der Waals surface area contributed by atoms with Crippen molar-refractivity contribution in [3.05, 3.63) is 48.7 Å². The van der Waals surface area contributed by atoms with Crippen LogP contribution in [0.3, 0.4) is 0 Å². The van der Waals surface area contributed by atoms with Crippen molar-refractivity contribution in [3.63, 3.8) is 0 Å². The Morgan fingerprint density at radius 2 is 1.86 bits per heavy atom. The number of anilines is 5. The van der Waals surface area contributed by atoms with Crippen LogP contribution < -0.4 is 26.0 Å². The van der Waals surface area contributed by atoms with E-state index in [0.29, 0.717) is 28.8 Å². The van der Waals surface area contributed by atoms with Gasteiger partial charge in [-0.25, -0.2) is 4.98 Å². The molecule has 0 aliphatic carbocycles. The number of aromatic nitrogens is 3. The predicted octanol–water partition coefficient (Wildman–Crippen LogP) is 3.93. The Labute approximate surface area is 217 Å². The predicted molar refractivity (Wildman–Crippen MR) is 151 cm³/mol. The lowest BCUT2D eigenvalue weighted by Crippen LogP contribution is -2.29. The summed E-state index contributed by atoms with van der Waals surface area (Å²) in [6.45, 7) is 3.18. The molecule has 0 bridgehead atoms. The van der Waals surface area contributed by atoms with Gasteiger partial charge in [0.2, 0.25) is 11.9 Å². The summed E-state index contributed by atoms with van der Waals surface area (Å²) in [6, 6.07) is 13.8. The average Bonchev–Trinajstić information content (AvgIpc) is 3.18. The molecule has 4 N–H and O–H groups in total.